The lowest BCUT2D eigenvalue weighted by molar-refractivity contribution is -0.0442. The molecule has 21 heavy (non-hydrogen) atoms. The second kappa shape index (κ2) is 5.46. The summed E-state index contributed by atoms with van der Waals surface area (Å²) < 4.78 is 54.4. The van der Waals surface area contributed by atoms with Gasteiger partial charge < -0.3 is 10.2 Å². The quantitative estimate of drug-likeness (QED) is 0.856. The lowest BCUT2D eigenvalue weighted by Crippen LogP contribution is -2.40. The molecule has 0 heterocycles. The molecule has 0 aromatic heterocycles. The lowest BCUT2D eigenvalue weighted by Gasteiger charge is -2.32. The van der Waals surface area contributed by atoms with Crippen molar-refractivity contribution in [1.29, 1.82) is 0 Å². The lowest BCUT2D eigenvalue weighted by atomic mass is 9.81. The molecule has 2 rings (SSSR count). The molecule has 6 heteroatoms. The maximum Gasteiger partial charge on any atom is 0.146 e. The van der Waals surface area contributed by atoms with E-state index in [2.05, 4.69) is 0 Å². The minimum Gasteiger partial charge on any atom is -0.390 e. The van der Waals surface area contributed by atoms with Gasteiger partial charge in [0.05, 0.1) is 6.10 Å². The van der Waals surface area contributed by atoms with E-state index in [1.165, 1.54) is 0 Å². The highest BCUT2D eigenvalue weighted by atomic mass is 19.1. The molecule has 0 aliphatic heterocycles. The minimum absolute atomic E-state index is 0.631. The van der Waals surface area contributed by atoms with Crippen LogP contribution in [0.25, 0.3) is 0 Å². The van der Waals surface area contributed by atoms with Crippen LogP contribution >= 0.6 is 0 Å². The monoisotopic (exact) mass is 300 g/mol. The molecule has 0 bridgehead atoms. The van der Waals surface area contributed by atoms with Crippen molar-refractivity contribution in [2.45, 2.75) is 18.6 Å². The average molecular weight is 300 g/mol. The van der Waals surface area contributed by atoms with Crippen molar-refractivity contribution in [3.8, 4) is 0 Å². The fourth-order valence-corrected chi connectivity index (χ4v) is 2.17. The fourth-order valence-electron chi connectivity index (χ4n) is 2.17. The molecule has 0 saturated heterocycles. The zero-order valence-corrected chi connectivity index (χ0v) is 10.9. The number of aliphatic hydroxyl groups is 2. The summed E-state index contributed by atoms with van der Waals surface area (Å²) in [4.78, 5) is 0. The van der Waals surface area contributed by atoms with Crippen molar-refractivity contribution in [1.82, 2.24) is 0 Å². The zero-order chi connectivity index (χ0) is 15.8. The first-order chi connectivity index (χ1) is 9.76. The van der Waals surface area contributed by atoms with Gasteiger partial charge in [0.25, 0.3) is 0 Å². The van der Waals surface area contributed by atoms with E-state index in [-0.39, 0.29) is 0 Å². The molecule has 2 N–H and O–H groups in total. The van der Waals surface area contributed by atoms with Crippen molar-refractivity contribution in [3.05, 3.63) is 70.8 Å². The Kier molecular flexibility index (Phi) is 4.02. The topological polar surface area (TPSA) is 40.5 Å². The molecule has 0 unspecified atom stereocenters. The van der Waals surface area contributed by atoms with Crippen LogP contribution in [-0.2, 0) is 5.60 Å². The van der Waals surface area contributed by atoms with Crippen molar-refractivity contribution in [2.24, 2.45) is 0 Å². The molecule has 0 aliphatic rings. The Bertz CT molecular complexity index is 619. The van der Waals surface area contributed by atoms with Gasteiger partial charge in [0, 0.05) is 11.1 Å². The van der Waals surface area contributed by atoms with Gasteiger partial charge in [0.2, 0.25) is 0 Å². The van der Waals surface area contributed by atoms with E-state index in [1.807, 2.05) is 0 Å². The van der Waals surface area contributed by atoms with Crippen molar-refractivity contribution < 1.29 is 27.8 Å². The van der Waals surface area contributed by atoms with Crippen LogP contribution in [0, 0.1) is 23.3 Å². The Hall–Kier alpha value is -1.92. The summed E-state index contributed by atoms with van der Waals surface area (Å²) in [7, 11) is 0. The molecular formula is C15H12F4O2. The Morgan fingerprint density at radius 3 is 1.57 bits per heavy atom. The van der Waals surface area contributed by atoms with Gasteiger partial charge in [-0.05, 0) is 43.3 Å². The third kappa shape index (κ3) is 2.64. The highest BCUT2D eigenvalue weighted by molar-refractivity contribution is 5.39. The minimum atomic E-state index is -2.63. The molecule has 2 nitrogen and oxygen atoms in total. The third-order valence-corrected chi connectivity index (χ3v) is 3.28. The summed E-state index contributed by atoms with van der Waals surface area (Å²) in [6.45, 7) is 1.06. The van der Waals surface area contributed by atoms with E-state index in [4.69, 9.17) is 0 Å². The van der Waals surface area contributed by atoms with E-state index in [0.717, 1.165) is 31.2 Å². The van der Waals surface area contributed by atoms with Crippen LogP contribution in [0.3, 0.4) is 0 Å². The fraction of sp³-hybridized carbons (Fsp3) is 0.200. The summed E-state index contributed by atoms with van der Waals surface area (Å²) in [5.41, 5.74) is -3.98. The number of benzene rings is 2. The third-order valence-electron chi connectivity index (χ3n) is 3.28. The number of rotatable bonds is 3. The highest BCUT2D eigenvalue weighted by Crippen LogP contribution is 2.36. The van der Waals surface area contributed by atoms with Crippen molar-refractivity contribution in [3.63, 3.8) is 0 Å². The summed E-state index contributed by atoms with van der Waals surface area (Å²) in [5.74, 6) is -3.88. The highest BCUT2D eigenvalue weighted by Gasteiger charge is 2.41. The van der Waals surface area contributed by atoms with Crippen LogP contribution in [0.5, 0.6) is 0 Å². The molecular weight excluding hydrogens is 288 g/mol. The molecule has 0 aliphatic carbocycles. The van der Waals surface area contributed by atoms with Gasteiger partial charge in [-0.3, -0.25) is 0 Å². The molecule has 0 fully saturated rings. The summed E-state index contributed by atoms with van der Waals surface area (Å²) in [5, 5.41) is 20.4. The van der Waals surface area contributed by atoms with Gasteiger partial charge in [-0.1, -0.05) is 0 Å². The van der Waals surface area contributed by atoms with Crippen molar-refractivity contribution in [2.75, 3.05) is 0 Å². The van der Waals surface area contributed by atoms with E-state index in [1.54, 1.807) is 0 Å². The Balaban J connectivity index is 2.77. The summed E-state index contributed by atoms with van der Waals surface area (Å²) >= 11 is 0. The normalized spacial score (nSPS) is 13.3. The molecule has 0 radical (unpaired) electrons. The van der Waals surface area contributed by atoms with Crippen molar-refractivity contribution >= 4 is 0 Å². The van der Waals surface area contributed by atoms with E-state index in [0.29, 0.717) is 12.1 Å². The number of hydrogen-bond acceptors (Lipinski definition) is 2. The van der Waals surface area contributed by atoms with E-state index >= 15 is 0 Å². The van der Waals surface area contributed by atoms with Crippen LogP contribution < -0.4 is 0 Å². The van der Waals surface area contributed by atoms with Crippen LogP contribution in [0.1, 0.15) is 18.1 Å². The smallest absolute Gasteiger partial charge is 0.146 e. The van der Waals surface area contributed by atoms with Gasteiger partial charge >= 0.3 is 0 Å². The van der Waals surface area contributed by atoms with Gasteiger partial charge in [-0.2, -0.15) is 0 Å². The first-order valence-electron chi connectivity index (χ1n) is 6.08. The average Bonchev–Trinajstić information content (AvgIpc) is 2.43. The molecule has 0 saturated carbocycles. The van der Waals surface area contributed by atoms with Gasteiger partial charge in [0.15, 0.2) is 0 Å². The molecule has 1 atom stereocenters. The molecule has 0 spiro atoms. The maximum absolute atomic E-state index is 13.9. The first-order valence-corrected chi connectivity index (χ1v) is 6.08. The Morgan fingerprint density at radius 2 is 1.24 bits per heavy atom. The van der Waals surface area contributed by atoms with Gasteiger partial charge in [-0.15, -0.1) is 0 Å². The van der Waals surface area contributed by atoms with Crippen LogP contribution in [-0.4, -0.2) is 16.3 Å². The first kappa shape index (κ1) is 15.5. The largest absolute Gasteiger partial charge is 0.390 e. The number of hydrogen-bond donors (Lipinski definition) is 2. The van der Waals surface area contributed by atoms with Crippen LogP contribution in [0.2, 0.25) is 0 Å². The van der Waals surface area contributed by atoms with Crippen LogP contribution in [0.15, 0.2) is 36.4 Å². The van der Waals surface area contributed by atoms with Gasteiger partial charge in [0.1, 0.15) is 28.9 Å². The zero-order valence-electron chi connectivity index (χ0n) is 10.9. The molecule has 0 amide bonds. The number of aliphatic hydroxyl groups excluding tert-OH is 1. The predicted molar refractivity (Wildman–Crippen MR) is 67.4 cm³/mol. The predicted octanol–water partition coefficient (Wildman–Crippen LogP) is 2.86. The summed E-state index contributed by atoms with van der Waals surface area (Å²) in [6.07, 6.45) is -1.72. The second-order valence-corrected chi connectivity index (χ2v) is 4.69. The maximum atomic E-state index is 13.9. The summed E-state index contributed by atoms with van der Waals surface area (Å²) in [6, 6.07) is 4.34. The van der Waals surface area contributed by atoms with E-state index in [9.17, 15) is 27.8 Å². The van der Waals surface area contributed by atoms with E-state index < -0.39 is 46.1 Å². The van der Waals surface area contributed by atoms with Crippen LogP contribution in [0.4, 0.5) is 17.6 Å². The SMILES string of the molecule is C[C@@H](O)C(O)(c1cc(F)ccc1F)c1cc(F)ccc1F. The Morgan fingerprint density at radius 1 is 0.857 bits per heavy atom. The number of halogens is 4. The molecule has 2 aromatic rings. The Labute approximate surface area is 118 Å². The standard InChI is InChI=1S/C15H12F4O2/c1-8(20)15(21,11-6-9(16)2-4-13(11)18)12-7-10(17)3-5-14(12)19/h2-8,20-21H,1H3/t8-/m1/s1. The molecule has 2 aromatic carbocycles. The second-order valence-electron chi connectivity index (χ2n) is 4.69. The van der Waals surface area contributed by atoms with Gasteiger partial charge in [-0.25, -0.2) is 17.6 Å². The molecule has 112 valence electrons.